The van der Waals surface area contributed by atoms with Crippen molar-refractivity contribution < 1.29 is 19.0 Å². The highest BCUT2D eigenvalue weighted by Crippen LogP contribution is 2.25. The number of anilines is 2. The molecule has 0 bridgehead atoms. The number of H-pyrrole nitrogens is 1. The second-order valence-electron chi connectivity index (χ2n) is 8.74. The van der Waals surface area contributed by atoms with Gasteiger partial charge in [0.2, 0.25) is 0 Å². The number of aliphatic carboxylic acids is 1. The van der Waals surface area contributed by atoms with E-state index in [-0.39, 0.29) is 12.2 Å². The smallest absolute Gasteiger partial charge is 0.326 e. The molecular weight excluding hydrogens is 473 g/mol. The lowest BCUT2D eigenvalue weighted by Crippen LogP contribution is -2.32. The molecule has 0 aliphatic rings. The van der Waals surface area contributed by atoms with Crippen LogP contribution in [0.5, 0.6) is 5.75 Å². The van der Waals surface area contributed by atoms with Crippen LogP contribution in [-0.4, -0.2) is 39.2 Å². The van der Waals surface area contributed by atoms with Gasteiger partial charge in [0.05, 0.1) is 25.5 Å². The summed E-state index contributed by atoms with van der Waals surface area (Å²) in [4.78, 5) is 24.0. The summed E-state index contributed by atoms with van der Waals surface area (Å²) in [6, 6.07) is 13.2. The number of benzene rings is 2. The highest BCUT2D eigenvalue weighted by molar-refractivity contribution is 5.79. The van der Waals surface area contributed by atoms with Crippen LogP contribution in [0, 0.1) is 12.7 Å². The largest absolute Gasteiger partial charge is 0.497 e. The zero-order chi connectivity index (χ0) is 26.4. The van der Waals surface area contributed by atoms with E-state index >= 15 is 0 Å². The van der Waals surface area contributed by atoms with E-state index in [1.54, 1.807) is 32.5 Å². The summed E-state index contributed by atoms with van der Waals surface area (Å²) in [6.45, 7) is 4.21. The van der Waals surface area contributed by atoms with Crippen molar-refractivity contribution in [3.63, 3.8) is 0 Å². The van der Waals surface area contributed by atoms with Crippen molar-refractivity contribution in [2.75, 3.05) is 17.7 Å². The second kappa shape index (κ2) is 11.6. The van der Waals surface area contributed by atoms with E-state index in [2.05, 4.69) is 25.6 Å². The van der Waals surface area contributed by atoms with Crippen molar-refractivity contribution in [2.24, 2.45) is 0 Å². The molecule has 8 nitrogen and oxygen atoms in total. The summed E-state index contributed by atoms with van der Waals surface area (Å²) in [6.07, 6.45) is 4.31. The van der Waals surface area contributed by atoms with Crippen LogP contribution in [0.2, 0.25) is 0 Å². The van der Waals surface area contributed by atoms with Crippen LogP contribution in [0.15, 0.2) is 60.9 Å². The van der Waals surface area contributed by atoms with E-state index in [9.17, 15) is 14.3 Å². The number of nitrogens with zero attached hydrogens (tertiary/aromatic N) is 2. The van der Waals surface area contributed by atoms with E-state index in [0.29, 0.717) is 35.9 Å². The second-order valence-corrected chi connectivity index (χ2v) is 8.74. The first-order valence-electron chi connectivity index (χ1n) is 12.0. The first-order chi connectivity index (χ1) is 17.9. The summed E-state index contributed by atoms with van der Waals surface area (Å²) < 4.78 is 19.0. The molecule has 0 amide bonds. The number of pyridine rings is 1. The van der Waals surface area contributed by atoms with E-state index in [0.717, 1.165) is 28.1 Å². The zero-order valence-electron chi connectivity index (χ0n) is 21.0. The Kier molecular flexibility index (Phi) is 8.02. The Morgan fingerprint density at radius 1 is 1.16 bits per heavy atom. The van der Waals surface area contributed by atoms with Gasteiger partial charge in [-0.2, -0.15) is 0 Å². The SMILES string of the molecule is CCc1cc(F)cc(C)c1NC(Cc1ccc(-c2ncc(CNc3cc(OC)ccn3)[nH]2)cc1)C(=O)O. The summed E-state index contributed by atoms with van der Waals surface area (Å²) in [5.74, 6) is 0.842. The fourth-order valence-corrected chi connectivity index (χ4v) is 4.12. The number of halogens is 1. The van der Waals surface area contributed by atoms with Crippen LogP contribution in [0.3, 0.4) is 0 Å². The number of hydrogen-bond donors (Lipinski definition) is 4. The number of hydrogen-bond acceptors (Lipinski definition) is 6. The molecule has 4 N–H and O–H groups in total. The van der Waals surface area contributed by atoms with Crippen LogP contribution in [0.4, 0.5) is 15.9 Å². The molecule has 0 aliphatic heterocycles. The van der Waals surface area contributed by atoms with Crippen molar-refractivity contribution in [1.82, 2.24) is 15.0 Å². The van der Waals surface area contributed by atoms with Crippen LogP contribution >= 0.6 is 0 Å². The lowest BCUT2D eigenvalue weighted by atomic mass is 10.0. The fraction of sp³-hybridized carbons (Fsp3) is 0.250. The summed E-state index contributed by atoms with van der Waals surface area (Å²) in [7, 11) is 1.61. The number of aromatic amines is 1. The minimum Gasteiger partial charge on any atom is -0.497 e. The highest BCUT2D eigenvalue weighted by atomic mass is 19.1. The van der Waals surface area contributed by atoms with Crippen molar-refractivity contribution in [3.05, 3.63) is 89.1 Å². The Hall–Kier alpha value is -4.40. The fourth-order valence-electron chi connectivity index (χ4n) is 4.12. The van der Waals surface area contributed by atoms with Crippen molar-refractivity contribution in [2.45, 2.75) is 39.3 Å². The Morgan fingerprint density at radius 3 is 2.65 bits per heavy atom. The number of ether oxygens (including phenoxy) is 1. The highest BCUT2D eigenvalue weighted by Gasteiger charge is 2.20. The van der Waals surface area contributed by atoms with Gasteiger partial charge in [-0.1, -0.05) is 31.2 Å². The maximum atomic E-state index is 13.8. The standard InChI is InChI=1S/C28H30FN5O3/c1-4-19-13-21(29)11-17(2)26(19)34-24(28(35)36)12-18-5-7-20(8-6-18)27-32-16-22(33-27)15-31-25-14-23(37-3)9-10-30-25/h5-11,13-14,16,24,34H,4,12,15H2,1-3H3,(H,30,31)(H,32,33)(H,35,36). The van der Waals surface area contributed by atoms with Gasteiger partial charge in [0.15, 0.2) is 0 Å². The molecule has 2 heterocycles. The predicted molar refractivity (Wildman–Crippen MR) is 141 cm³/mol. The van der Waals surface area contributed by atoms with Gasteiger partial charge in [0.1, 0.15) is 29.3 Å². The quantitative estimate of drug-likeness (QED) is 0.222. The molecule has 0 radical (unpaired) electrons. The molecule has 1 atom stereocenters. The Morgan fingerprint density at radius 2 is 1.95 bits per heavy atom. The number of nitrogens with one attached hydrogen (secondary N) is 3. The van der Waals surface area contributed by atoms with Gasteiger partial charge in [0.25, 0.3) is 0 Å². The van der Waals surface area contributed by atoms with Gasteiger partial charge in [-0.3, -0.25) is 0 Å². The molecular formula is C28H30FN5O3. The average molecular weight is 504 g/mol. The van der Waals surface area contributed by atoms with E-state index in [4.69, 9.17) is 4.74 Å². The van der Waals surface area contributed by atoms with Crippen molar-refractivity contribution in [1.29, 1.82) is 0 Å². The summed E-state index contributed by atoms with van der Waals surface area (Å²) in [5.41, 5.74) is 4.75. The summed E-state index contributed by atoms with van der Waals surface area (Å²) in [5, 5.41) is 16.2. The topological polar surface area (TPSA) is 112 Å². The molecule has 4 aromatic rings. The zero-order valence-corrected chi connectivity index (χ0v) is 21.0. The molecule has 1 unspecified atom stereocenters. The summed E-state index contributed by atoms with van der Waals surface area (Å²) >= 11 is 0. The van der Waals surface area contributed by atoms with Gasteiger partial charge >= 0.3 is 5.97 Å². The molecule has 2 aromatic heterocycles. The first-order valence-corrected chi connectivity index (χ1v) is 12.0. The van der Waals surface area contributed by atoms with Crippen LogP contribution in [0.1, 0.15) is 29.3 Å². The lowest BCUT2D eigenvalue weighted by Gasteiger charge is -2.20. The third-order valence-corrected chi connectivity index (χ3v) is 6.10. The van der Waals surface area contributed by atoms with Gasteiger partial charge < -0.3 is 25.5 Å². The van der Waals surface area contributed by atoms with Crippen LogP contribution in [-0.2, 0) is 24.2 Å². The van der Waals surface area contributed by atoms with Gasteiger partial charge in [-0.25, -0.2) is 19.2 Å². The predicted octanol–water partition coefficient (Wildman–Crippen LogP) is 5.21. The molecule has 0 aliphatic carbocycles. The van der Waals surface area contributed by atoms with E-state index < -0.39 is 12.0 Å². The molecule has 37 heavy (non-hydrogen) atoms. The van der Waals surface area contributed by atoms with Gasteiger partial charge in [0, 0.05) is 29.9 Å². The van der Waals surface area contributed by atoms with Crippen molar-refractivity contribution >= 4 is 17.5 Å². The number of imidazole rings is 1. The molecule has 4 rings (SSSR count). The van der Waals surface area contributed by atoms with Gasteiger partial charge in [-0.05, 0) is 48.2 Å². The Balaban J connectivity index is 1.41. The molecule has 192 valence electrons. The number of rotatable bonds is 11. The van der Waals surface area contributed by atoms with Crippen molar-refractivity contribution in [3.8, 4) is 17.1 Å². The minimum absolute atomic E-state index is 0.274. The number of carbonyl (C=O) groups is 1. The molecule has 0 saturated heterocycles. The minimum atomic E-state index is -0.969. The molecule has 0 fully saturated rings. The molecule has 2 aromatic carbocycles. The number of aromatic nitrogens is 3. The number of carboxylic acids is 1. The third kappa shape index (κ3) is 6.43. The van der Waals surface area contributed by atoms with E-state index in [1.807, 2.05) is 37.3 Å². The lowest BCUT2D eigenvalue weighted by molar-refractivity contribution is -0.137. The third-order valence-electron chi connectivity index (χ3n) is 6.10. The number of methoxy groups -OCH3 is 1. The maximum absolute atomic E-state index is 13.8. The Labute approximate surface area is 215 Å². The van der Waals surface area contributed by atoms with Gasteiger partial charge in [-0.15, -0.1) is 0 Å². The molecule has 0 saturated carbocycles. The molecule has 9 heteroatoms. The van der Waals surface area contributed by atoms with Crippen LogP contribution in [0.25, 0.3) is 11.4 Å². The maximum Gasteiger partial charge on any atom is 0.326 e. The normalized spacial score (nSPS) is 11.7. The number of carboxylic acid groups (broad SMARTS) is 1. The number of aryl methyl sites for hydroxylation is 2. The molecule has 0 spiro atoms. The monoisotopic (exact) mass is 503 g/mol. The average Bonchev–Trinajstić information content (AvgIpc) is 3.37. The Bertz CT molecular complexity index is 1370. The van der Waals surface area contributed by atoms with E-state index in [1.165, 1.54) is 12.1 Å². The first kappa shape index (κ1) is 25.7. The van der Waals surface area contributed by atoms with Crippen LogP contribution < -0.4 is 15.4 Å².